The van der Waals surface area contributed by atoms with Gasteiger partial charge in [-0.25, -0.2) is 14.8 Å². The van der Waals surface area contributed by atoms with Crippen LogP contribution in [0.1, 0.15) is 32.3 Å². The Morgan fingerprint density at radius 1 is 1.36 bits per heavy atom. The summed E-state index contributed by atoms with van der Waals surface area (Å²) in [5.41, 5.74) is 1.55. The van der Waals surface area contributed by atoms with Gasteiger partial charge >= 0.3 is 5.97 Å². The summed E-state index contributed by atoms with van der Waals surface area (Å²) < 4.78 is 6.83. The second kappa shape index (κ2) is 10.9. The van der Waals surface area contributed by atoms with Gasteiger partial charge in [0.1, 0.15) is 30.1 Å². The maximum atomic E-state index is 12.9. The largest absolute Gasteiger partial charge is 0.477 e. The summed E-state index contributed by atoms with van der Waals surface area (Å²) >= 11 is 13.3. The molecule has 12 nitrogen and oxygen atoms in total. The van der Waals surface area contributed by atoms with Gasteiger partial charge in [0.15, 0.2) is 11.0 Å². The third-order valence-corrected chi connectivity index (χ3v) is 7.57. The van der Waals surface area contributed by atoms with Crippen molar-refractivity contribution in [2.45, 2.75) is 26.1 Å². The molecule has 4 heterocycles. The molecule has 1 amide bonds. The lowest BCUT2D eigenvalue weighted by atomic mass is 10.0. The van der Waals surface area contributed by atoms with Crippen molar-refractivity contribution in [3.8, 4) is 11.5 Å². The second-order valence-corrected chi connectivity index (χ2v) is 9.61. The summed E-state index contributed by atoms with van der Waals surface area (Å²) in [6.07, 6.45) is 3.71. The van der Waals surface area contributed by atoms with E-state index in [1.807, 2.05) is 4.90 Å². The number of aromatic amines is 1. The quantitative estimate of drug-likeness (QED) is 0.359. The normalized spacial score (nSPS) is 17.0. The predicted octanol–water partition coefficient (Wildman–Crippen LogP) is 3.26. The number of methoxy groups -OCH3 is 1. The molecule has 0 aliphatic carbocycles. The molecule has 0 radical (unpaired) electrons. The number of halogens is 2. The molecule has 4 rings (SSSR count). The van der Waals surface area contributed by atoms with Crippen LogP contribution in [0.15, 0.2) is 17.5 Å². The lowest BCUT2D eigenvalue weighted by Gasteiger charge is -2.32. The monoisotopic (exact) mass is 555 g/mol. The van der Waals surface area contributed by atoms with E-state index in [4.69, 9.17) is 32.8 Å². The van der Waals surface area contributed by atoms with E-state index in [0.717, 1.165) is 11.3 Å². The highest BCUT2D eigenvalue weighted by molar-refractivity contribution is 7.17. The molecule has 3 N–H and O–H groups in total. The van der Waals surface area contributed by atoms with Crippen LogP contribution in [0.3, 0.4) is 0 Å². The number of hydrogen-bond acceptors (Lipinski definition) is 9. The van der Waals surface area contributed by atoms with Crippen LogP contribution >= 0.6 is 34.5 Å². The first-order chi connectivity index (χ1) is 17.2. The van der Waals surface area contributed by atoms with E-state index >= 15 is 0 Å². The van der Waals surface area contributed by atoms with E-state index in [1.54, 1.807) is 23.9 Å². The van der Waals surface area contributed by atoms with E-state index in [0.29, 0.717) is 40.3 Å². The Morgan fingerprint density at radius 2 is 2.14 bits per heavy atom. The first kappa shape index (κ1) is 25.9. The number of nitrogens with zero attached hydrogens (tertiary/aromatic N) is 5. The number of aryl methyl sites for hydroxylation is 1. The van der Waals surface area contributed by atoms with Crippen molar-refractivity contribution in [2.75, 3.05) is 32.2 Å². The van der Waals surface area contributed by atoms with Crippen molar-refractivity contribution in [3.63, 3.8) is 0 Å². The maximum absolute atomic E-state index is 12.9. The minimum absolute atomic E-state index is 0.0582. The molecule has 0 spiro atoms. The standard InChI is InChI=1S/C21H23Cl2N7O5S/c1-10-13(22)14(23)15(25-10)19(31)26-11-4-6-29(8-12(11)28-35-3)21-27-16(17(36-21)20(32)33)18-24-5-7-30(18)9-34-2/h5,7,11,25H,4,6,8-9H2,1-3H3,(H,26,31)(H,32,33)/b28-12-. The fourth-order valence-corrected chi connectivity index (χ4v) is 5.18. The lowest BCUT2D eigenvalue weighted by molar-refractivity contribution is 0.0702. The number of carboxylic acid groups (broad SMARTS) is 1. The lowest BCUT2D eigenvalue weighted by Crippen LogP contribution is -2.52. The van der Waals surface area contributed by atoms with Crippen LogP contribution in [0.4, 0.5) is 5.13 Å². The number of piperidine rings is 1. The van der Waals surface area contributed by atoms with E-state index < -0.39 is 17.9 Å². The Kier molecular flexibility index (Phi) is 7.83. The Hall–Kier alpha value is -3.13. The van der Waals surface area contributed by atoms with Crippen LogP contribution in [-0.2, 0) is 16.3 Å². The third-order valence-electron chi connectivity index (χ3n) is 5.51. The number of carbonyl (C=O) groups excluding carboxylic acids is 1. The van der Waals surface area contributed by atoms with Gasteiger partial charge in [0, 0.05) is 31.7 Å². The molecule has 1 aliphatic heterocycles. The molecule has 1 atom stereocenters. The number of oxime groups is 1. The van der Waals surface area contributed by atoms with Gasteiger partial charge in [0.2, 0.25) is 0 Å². The summed E-state index contributed by atoms with van der Waals surface area (Å²) in [7, 11) is 2.95. The van der Waals surface area contributed by atoms with E-state index in [9.17, 15) is 14.7 Å². The number of H-pyrrole nitrogens is 1. The molecule has 1 saturated heterocycles. The highest BCUT2D eigenvalue weighted by Gasteiger charge is 2.32. The predicted molar refractivity (Wildman–Crippen MR) is 135 cm³/mol. The van der Waals surface area contributed by atoms with Crippen LogP contribution in [0.25, 0.3) is 11.5 Å². The van der Waals surface area contributed by atoms with Crippen molar-refractivity contribution in [3.05, 3.63) is 38.7 Å². The third kappa shape index (κ3) is 5.05. The molecular formula is C21H23Cl2N7O5S. The first-order valence-electron chi connectivity index (χ1n) is 10.7. The number of carboxylic acids is 1. The maximum Gasteiger partial charge on any atom is 0.348 e. The molecular weight excluding hydrogens is 533 g/mol. The Labute approximate surface area is 219 Å². The summed E-state index contributed by atoms with van der Waals surface area (Å²) in [4.78, 5) is 43.5. The van der Waals surface area contributed by atoms with Gasteiger partial charge in [-0.3, -0.25) is 4.79 Å². The van der Waals surface area contributed by atoms with Crippen LogP contribution < -0.4 is 10.2 Å². The number of anilines is 1. The highest BCUT2D eigenvalue weighted by atomic mass is 35.5. The average molecular weight is 556 g/mol. The molecule has 3 aromatic heterocycles. The summed E-state index contributed by atoms with van der Waals surface area (Å²) in [6, 6.07) is -0.439. The van der Waals surface area contributed by atoms with Gasteiger partial charge in [0.25, 0.3) is 5.91 Å². The van der Waals surface area contributed by atoms with Gasteiger partial charge in [-0.2, -0.15) is 0 Å². The average Bonchev–Trinajstić information content (AvgIpc) is 3.55. The van der Waals surface area contributed by atoms with Crippen molar-refractivity contribution >= 4 is 57.3 Å². The number of aromatic carboxylic acids is 1. The molecule has 0 bridgehead atoms. The van der Waals surface area contributed by atoms with Crippen molar-refractivity contribution in [1.29, 1.82) is 0 Å². The molecule has 0 saturated carbocycles. The van der Waals surface area contributed by atoms with E-state index in [1.165, 1.54) is 14.2 Å². The number of aromatic nitrogens is 4. The number of nitrogens with one attached hydrogen (secondary N) is 2. The zero-order valence-electron chi connectivity index (χ0n) is 19.5. The highest BCUT2D eigenvalue weighted by Crippen LogP contribution is 2.34. The minimum atomic E-state index is -1.11. The number of imidazole rings is 1. The zero-order valence-corrected chi connectivity index (χ0v) is 21.9. The molecule has 36 heavy (non-hydrogen) atoms. The number of carbonyl (C=O) groups is 2. The van der Waals surface area contributed by atoms with Gasteiger partial charge in [-0.05, 0) is 13.3 Å². The summed E-state index contributed by atoms with van der Waals surface area (Å²) in [6.45, 7) is 2.66. The molecule has 15 heteroatoms. The van der Waals surface area contributed by atoms with E-state index in [2.05, 4.69) is 25.4 Å². The molecule has 192 valence electrons. The fraction of sp³-hybridized carbons (Fsp3) is 0.381. The number of amides is 1. The number of rotatable bonds is 8. The smallest absolute Gasteiger partial charge is 0.348 e. The van der Waals surface area contributed by atoms with Gasteiger partial charge in [-0.1, -0.05) is 39.7 Å². The van der Waals surface area contributed by atoms with Gasteiger partial charge in [-0.15, -0.1) is 0 Å². The number of ether oxygens (including phenoxy) is 1. The molecule has 1 fully saturated rings. The fourth-order valence-electron chi connectivity index (χ4n) is 3.83. The second-order valence-electron chi connectivity index (χ2n) is 7.87. The van der Waals surface area contributed by atoms with Gasteiger partial charge in [0.05, 0.1) is 28.3 Å². The Balaban J connectivity index is 1.57. The Morgan fingerprint density at radius 3 is 2.78 bits per heavy atom. The van der Waals surface area contributed by atoms with E-state index in [-0.39, 0.29) is 34.6 Å². The minimum Gasteiger partial charge on any atom is -0.477 e. The van der Waals surface area contributed by atoms with Crippen molar-refractivity contribution in [2.24, 2.45) is 5.16 Å². The van der Waals surface area contributed by atoms with Crippen LogP contribution in [0.5, 0.6) is 0 Å². The zero-order chi connectivity index (χ0) is 26.0. The first-order valence-corrected chi connectivity index (χ1v) is 12.3. The van der Waals surface area contributed by atoms with Crippen LogP contribution in [-0.4, -0.2) is 75.6 Å². The summed E-state index contributed by atoms with van der Waals surface area (Å²) in [5.74, 6) is -1.14. The topological polar surface area (TPSA) is 147 Å². The number of thiazole rings is 1. The number of hydrogen-bond donors (Lipinski definition) is 3. The van der Waals surface area contributed by atoms with Crippen molar-refractivity contribution in [1.82, 2.24) is 24.8 Å². The molecule has 1 aliphatic rings. The molecule has 1 unspecified atom stereocenters. The Bertz CT molecular complexity index is 1320. The van der Waals surface area contributed by atoms with Gasteiger partial charge < -0.3 is 34.4 Å². The van der Waals surface area contributed by atoms with Crippen LogP contribution in [0, 0.1) is 6.92 Å². The SMILES string of the molecule is COCn1ccnc1-c1nc(N2CCC(NC(=O)c3[nH]c(C)c(Cl)c3Cl)/C(=N\OC)C2)sc1C(=O)O. The molecule has 0 aromatic carbocycles. The molecule has 3 aromatic rings. The van der Waals surface area contributed by atoms with Crippen molar-refractivity contribution < 1.29 is 24.3 Å². The summed E-state index contributed by atoms with van der Waals surface area (Å²) in [5, 5.41) is 17.7. The van der Waals surface area contributed by atoms with Crippen LogP contribution in [0.2, 0.25) is 10.0 Å².